The second-order valence-corrected chi connectivity index (χ2v) is 5.91. The first-order valence-corrected chi connectivity index (χ1v) is 7.20. The third-order valence-electron chi connectivity index (χ3n) is 4.33. The van der Waals surface area contributed by atoms with Gasteiger partial charge in [0.1, 0.15) is 0 Å². The van der Waals surface area contributed by atoms with Gasteiger partial charge in [-0.15, -0.1) is 34.9 Å². The number of hydrogen-bond donors (Lipinski definition) is 0. The molecule has 0 aliphatic heterocycles. The van der Waals surface area contributed by atoms with Crippen LogP contribution in [-0.4, -0.2) is 4.98 Å². The fraction of sp³-hybridized carbons (Fsp3) is 0.263. The van der Waals surface area contributed by atoms with Crippen molar-refractivity contribution < 1.29 is 20.1 Å². The first kappa shape index (κ1) is 16.6. The molecule has 0 bridgehead atoms. The fourth-order valence-electron chi connectivity index (χ4n) is 3.05. The van der Waals surface area contributed by atoms with Gasteiger partial charge in [-0.1, -0.05) is 38.5 Å². The molecule has 1 aromatic heterocycles. The van der Waals surface area contributed by atoms with E-state index in [0.29, 0.717) is 5.56 Å². The molecular formula is C19H17IrN2-. The molecule has 0 amide bonds. The van der Waals surface area contributed by atoms with Crippen molar-refractivity contribution >= 4 is 6.08 Å². The van der Waals surface area contributed by atoms with Gasteiger partial charge >= 0.3 is 0 Å². The monoisotopic (exact) mass is 466 g/mol. The standard InChI is InChI=1S/C19H17N2.Ir/c1-4-16-11-15-10-14(5-6-17(15)19(16,2)3)18-9-13(12-20)7-8-21-18;/h6-11H,4H2,1-3H3;/q-1;. The average Bonchev–Trinajstić information content (AvgIpc) is 2.77. The smallest absolute Gasteiger partial charge is 0.0984 e. The number of hydrogen-bond acceptors (Lipinski definition) is 2. The van der Waals surface area contributed by atoms with E-state index < -0.39 is 0 Å². The van der Waals surface area contributed by atoms with Crippen molar-refractivity contribution in [1.29, 1.82) is 5.26 Å². The minimum absolute atomic E-state index is 0. The molecule has 0 fully saturated rings. The predicted octanol–water partition coefficient (Wildman–Crippen LogP) is 4.50. The topological polar surface area (TPSA) is 36.7 Å². The number of fused-ring (bicyclic) bond motifs is 1. The normalized spacial score (nSPS) is 14.5. The Morgan fingerprint density at radius 1 is 1.32 bits per heavy atom. The second-order valence-electron chi connectivity index (χ2n) is 5.91. The maximum Gasteiger partial charge on any atom is 0.0984 e. The van der Waals surface area contributed by atoms with E-state index in [0.717, 1.165) is 17.7 Å². The quantitative estimate of drug-likeness (QED) is 0.613. The maximum absolute atomic E-state index is 9.00. The summed E-state index contributed by atoms with van der Waals surface area (Å²) in [5, 5.41) is 9.00. The minimum Gasteiger partial charge on any atom is -0.305 e. The van der Waals surface area contributed by atoms with Crippen LogP contribution >= 0.6 is 0 Å². The summed E-state index contributed by atoms with van der Waals surface area (Å²) >= 11 is 0. The molecular weight excluding hydrogens is 448 g/mol. The zero-order chi connectivity index (χ0) is 15.0. The van der Waals surface area contributed by atoms with Crippen LogP contribution in [0.5, 0.6) is 0 Å². The molecule has 0 unspecified atom stereocenters. The van der Waals surface area contributed by atoms with E-state index >= 15 is 0 Å². The third-order valence-corrected chi connectivity index (χ3v) is 4.33. The zero-order valence-electron chi connectivity index (χ0n) is 12.9. The number of pyridine rings is 1. The molecule has 3 rings (SSSR count). The molecule has 113 valence electrons. The molecule has 1 radical (unpaired) electrons. The number of nitrogens with zero attached hydrogens (tertiary/aromatic N) is 2. The van der Waals surface area contributed by atoms with Crippen LogP contribution in [-0.2, 0) is 25.5 Å². The molecule has 0 spiro atoms. The first-order valence-electron chi connectivity index (χ1n) is 7.20. The summed E-state index contributed by atoms with van der Waals surface area (Å²) in [5.74, 6) is 0. The van der Waals surface area contributed by atoms with E-state index in [9.17, 15) is 0 Å². The molecule has 2 aromatic rings. The van der Waals surface area contributed by atoms with Gasteiger partial charge in [0, 0.05) is 31.9 Å². The van der Waals surface area contributed by atoms with Crippen LogP contribution in [0, 0.1) is 17.4 Å². The van der Waals surface area contributed by atoms with Crippen LogP contribution in [0.25, 0.3) is 17.3 Å². The van der Waals surface area contributed by atoms with E-state index in [1.807, 2.05) is 6.07 Å². The summed E-state index contributed by atoms with van der Waals surface area (Å²) in [6.45, 7) is 6.72. The van der Waals surface area contributed by atoms with Gasteiger partial charge in [0.05, 0.1) is 6.07 Å². The summed E-state index contributed by atoms with van der Waals surface area (Å²) in [7, 11) is 0. The van der Waals surface area contributed by atoms with Crippen LogP contribution in [0.1, 0.15) is 43.9 Å². The van der Waals surface area contributed by atoms with E-state index in [-0.39, 0.29) is 25.5 Å². The number of benzene rings is 1. The minimum atomic E-state index is 0. The van der Waals surface area contributed by atoms with Crippen LogP contribution in [0.15, 0.2) is 36.0 Å². The Hall–Kier alpha value is -1.75. The van der Waals surface area contributed by atoms with Crippen LogP contribution < -0.4 is 0 Å². The molecule has 2 nitrogen and oxygen atoms in total. The van der Waals surface area contributed by atoms with Crippen molar-refractivity contribution in [2.75, 3.05) is 0 Å². The Balaban J connectivity index is 0.00000176. The van der Waals surface area contributed by atoms with Crippen LogP contribution in [0.3, 0.4) is 0 Å². The summed E-state index contributed by atoms with van der Waals surface area (Å²) in [6.07, 6.45) is 5.01. The third kappa shape index (κ3) is 2.65. The van der Waals surface area contributed by atoms with Gasteiger partial charge in [-0.25, -0.2) is 0 Å². The van der Waals surface area contributed by atoms with Crippen molar-refractivity contribution in [3.63, 3.8) is 0 Å². The zero-order valence-corrected chi connectivity index (χ0v) is 15.3. The Bertz CT molecular complexity index is 782. The Morgan fingerprint density at radius 2 is 2.09 bits per heavy atom. The van der Waals surface area contributed by atoms with Crippen molar-refractivity contribution in [3.05, 3.63) is 58.8 Å². The molecule has 0 N–H and O–H groups in total. The second kappa shape index (κ2) is 6.16. The van der Waals surface area contributed by atoms with Crippen molar-refractivity contribution in [3.8, 4) is 17.3 Å². The van der Waals surface area contributed by atoms with Gasteiger partial charge in [0.2, 0.25) is 0 Å². The van der Waals surface area contributed by atoms with E-state index in [2.05, 4.69) is 56.1 Å². The molecule has 0 saturated heterocycles. The van der Waals surface area contributed by atoms with Gasteiger partial charge in [-0.2, -0.15) is 5.26 Å². The van der Waals surface area contributed by atoms with Gasteiger partial charge in [0.15, 0.2) is 0 Å². The summed E-state index contributed by atoms with van der Waals surface area (Å²) < 4.78 is 0. The molecule has 1 aliphatic carbocycles. The molecule has 1 heterocycles. The van der Waals surface area contributed by atoms with Crippen LogP contribution in [0.2, 0.25) is 0 Å². The molecule has 22 heavy (non-hydrogen) atoms. The van der Waals surface area contributed by atoms with Crippen molar-refractivity contribution in [2.45, 2.75) is 32.6 Å². The SMILES string of the molecule is CCC1=Cc2cc(-c3cc(C#N)ccn3)[c-]cc2C1(C)C.[Ir]. The van der Waals surface area contributed by atoms with Gasteiger partial charge in [-0.3, -0.25) is 0 Å². The van der Waals surface area contributed by atoms with Gasteiger partial charge in [-0.05, 0) is 23.6 Å². The van der Waals surface area contributed by atoms with Crippen LogP contribution in [0.4, 0.5) is 0 Å². The Morgan fingerprint density at radius 3 is 2.77 bits per heavy atom. The number of allylic oxidation sites excluding steroid dienone is 1. The largest absolute Gasteiger partial charge is 0.305 e. The molecule has 0 saturated carbocycles. The molecule has 3 heteroatoms. The van der Waals surface area contributed by atoms with Gasteiger partial charge in [0.25, 0.3) is 0 Å². The summed E-state index contributed by atoms with van der Waals surface area (Å²) in [4.78, 5) is 4.36. The summed E-state index contributed by atoms with van der Waals surface area (Å²) in [5.41, 5.74) is 6.46. The van der Waals surface area contributed by atoms with E-state index in [1.165, 1.54) is 16.7 Å². The maximum atomic E-state index is 9.00. The Labute approximate surface area is 145 Å². The predicted molar refractivity (Wildman–Crippen MR) is 84.5 cm³/mol. The number of aromatic nitrogens is 1. The first-order chi connectivity index (χ1) is 10.1. The van der Waals surface area contributed by atoms with E-state index in [1.54, 1.807) is 12.3 Å². The molecule has 1 aliphatic rings. The van der Waals surface area contributed by atoms with E-state index in [4.69, 9.17) is 5.26 Å². The van der Waals surface area contributed by atoms with Gasteiger partial charge < -0.3 is 4.98 Å². The number of nitriles is 1. The van der Waals surface area contributed by atoms with Crippen molar-refractivity contribution in [1.82, 2.24) is 4.98 Å². The molecule has 0 atom stereocenters. The summed E-state index contributed by atoms with van der Waals surface area (Å²) in [6, 6.07) is 13.2. The number of rotatable bonds is 2. The fourth-order valence-corrected chi connectivity index (χ4v) is 3.05. The molecule has 1 aromatic carbocycles. The Kier molecular flexibility index (Phi) is 4.66. The average molecular weight is 466 g/mol. The van der Waals surface area contributed by atoms with Crippen molar-refractivity contribution in [2.24, 2.45) is 0 Å².